The van der Waals surface area contributed by atoms with E-state index in [1.807, 2.05) is 49.4 Å². The summed E-state index contributed by atoms with van der Waals surface area (Å²) in [6.45, 7) is 4.16. The number of aryl methyl sites for hydroxylation is 1. The number of amides is 3. The molecule has 1 saturated heterocycles. The van der Waals surface area contributed by atoms with E-state index in [1.54, 1.807) is 17.0 Å². The Kier molecular flexibility index (Phi) is 6.89. The Balaban J connectivity index is 1.34. The molecule has 0 aromatic heterocycles. The van der Waals surface area contributed by atoms with Gasteiger partial charge in [-0.1, -0.05) is 30.3 Å². The van der Waals surface area contributed by atoms with E-state index in [2.05, 4.69) is 10.6 Å². The lowest BCUT2D eigenvalue weighted by Gasteiger charge is -2.32. The molecule has 0 unspecified atom stereocenters. The first-order valence-corrected chi connectivity index (χ1v) is 9.70. The van der Waals surface area contributed by atoms with Crippen LogP contribution in [-0.4, -0.2) is 49.1 Å². The molecule has 2 aromatic carbocycles. The average Bonchev–Trinajstić information content (AvgIpc) is 2.72. The molecule has 1 heterocycles. The molecule has 0 spiro atoms. The number of ether oxygens (including phenoxy) is 1. The molecule has 0 saturated carbocycles. The molecule has 2 aromatic rings. The van der Waals surface area contributed by atoms with Crippen molar-refractivity contribution in [2.24, 2.45) is 0 Å². The Morgan fingerprint density at radius 2 is 1.82 bits per heavy atom. The molecule has 28 heavy (non-hydrogen) atoms. The van der Waals surface area contributed by atoms with Gasteiger partial charge in [0.05, 0.1) is 6.54 Å². The van der Waals surface area contributed by atoms with Gasteiger partial charge in [0.1, 0.15) is 12.4 Å². The normalized spacial score (nSPS) is 14.4. The Morgan fingerprint density at radius 1 is 1.07 bits per heavy atom. The summed E-state index contributed by atoms with van der Waals surface area (Å²) in [7, 11) is 0. The lowest BCUT2D eigenvalue weighted by atomic mass is 10.0. The van der Waals surface area contributed by atoms with Crippen molar-refractivity contribution >= 4 is 11.9 Å². The maximum atomic E-state index is 12.3. The molecular formula is C22H27N3O3. The first-order valence-electron chi connectivity index (χ1n) is 9.70. The molecule has 2 N–H and O–H groups in total. The van der Waals surface area contributed by atoms with Gasteiger partial charge in [0.25, 0.3) is 5.91 Å². The molecule has 6 heteroatoms. The van der Waals surface area contributed by atoms with Gasteiger partial charge in [0, 0.05) is 24.7 Å². The van der Waals surface area contributed by atoms with E-state index >= 15 is 0 Å². The molecular weight excluding hydrogens is 354 g/mol. The second-order valence-corrected chi connectivity index (χ2v) is 7.00. The number of carbonyl (C=O) groups excluding carboxylic acids is 2. The Morgan fingerprint density at radius 3 is 2.54 bits per heavy atom. The van der Waals surface area contributed by atoms with Crippen molar-refractivity contribution in [1.29, 1.82) is 0 Å². The number of nitrogens with one attached hydrogen (secondary N) is 2. The number of carbonyl (C=O) groups is 2. The fraction of sp³-hybridized carbons (Fsp3) is 0.364. The first-order chi connectivity index (χ1) is 13.6. The summed E-state index contributed by atoms with van der Waals surface area (Å²) in [4.78, 5) is 26.3. The SMILES string of the molecule is Cc1cccc(OCCNC(=O)N2CCC(NC(=O)c3ccccc3)CC2)c1. The second kappa shape index (κ2) is 9.78. The second-order valence-electron chi connectivity index (χ2n) is 7.00. The van der Waals surface area contributed by atoms with Gasteiger partial charge >= 0.3 is 6.03 Å². The van der Waals surface area contributed by atoms with Crippen LogP contribution in [0, 0.1) is 6.92 Å². The molecule has 148 valence electrons. The van der Waals surface area contributed by atoms with Crippen LogP contribution >= 0.6 is 0 Å². The van der Waals surface area contributed by atoms with E-state index < -0.39 is 0 Å². The highest BCUT2D eigenvalue weighted by Gasteiger charge is 2.23. The smallest absolute Gasteiger partial charge is 0.317 e. The van der Waals surface area contributed by atoms with Gasteiger partial charge in [-0.2, -0.15) is 0 Å². The van der Waals surface area contributed by atoms with Crippen LogP contribution in [0.1, 0.15) is 28.8 Å². The lowest BCUT2D eigenvalue weighted by Crippen LogP contribution is -2.49. The molecule has 0 aliphatic carbocycles. The third-order valence-electron chi connectivity index (χ3n) is 4.79. The first kappa shape index (κ1) is 19.7. The summed E-state index contributed by atoms with van der Waals surface area (Å²) in [5.41, 5.74) is 1.81. The number of urea groups is 1. The Labute approximate surface area is 165 Å². The van der Waals surface area contributed by atoms with E-state index in [1.165, 1.54) is 0 Å². The van der Waals surface area contributed by atoms with E-state index in [0.717, 1.165) is 24.2 Å². The van der Waals surface area contributed by atoms with Crippen molar-refractivity contribution in [3.8, 4) is 5.75 Å². The molecule has 1 fully saturated rings. The highest BCUT2D eigenvalue weighted by atomic mass is 16.5. The average molecular weight is 381 g/mol. The minimum absolute atomic E-state index is 0.0585. The molecule has 6 nitrogen and oxygen atoms in total. The van der Waals surface area contributed by atoms with Crippen molar-refractivity contribution in [2.45, 2.75) is 25.8 Å². The maximum absolute atomic E-state index is 12.3. The summed E-state index contributed by atoms with van der Waals surface area (Å²) < 4.78 is 5.65. The molecule has 0 atom stereocenters. The summed E-state index contributed by atoms with van der Waals surface area (Å²) >= 11 is 0. The Bertz CT molecular complexity index is 787. The highest BCUT2D eigenvalue weighted by Crippen LogP contribution is 2.13. The van der Waals surface area contributed by atoms with Crippen molar-refractivity contribution in [2.75, 3.05) is 26.2 Å². The molecule has 3 amide bonds. The number of rotatable bonds is 6. The maximum Gasteiger partial charge on any atom is 0.317 e. The van der Waals surface area contributed by atoms with Gasteiger partial charge in [0.15, 0.2) is 0 Å². The number of piperidine rings is 1. The summed E-state index contributed by atoms with van der Waals surface area (Å²) in [5.74, 6) is 0.751. The van der Waals surface area contributed by atoms with Crippen molar-refractivity contribution in [3.63, 3.8) is 0 Å². The molecule has 3 rings (SSSR count). The van der Waals surface area contributed by atoms with Crippen LogP contribution in [0.15, 0.2) is 54.6 Å². The lowest BCUT2D eigenvalue weighted by molar-refractivity contribution is 0.0917. The van der Waals surface area contributed by atoms with Gasteiger partial charge in [-0.25, -0.2) is 4.79 Å². The van der Waals surface area contributed by atoms with Crippen molar-refractivity contribution in [3.05, 3.63) is 65.7 Å². The molecule has 0 radical (unpaired) electrons. The quantitative estimate of drug-likeness (QED) is 0.756. The molecule has 0 bridgehead atoms. The van der Waals surface area contributed by atoms with Crippen LogP contribution < -0.4 is 15.4 Å². The minimum Gasteiger partial charge on any atom is -0.492 e. The van der Waals surface area contributed by atoms with Gasteiger partial charge < -0.3 is 20.3 Å². The van der Waals surface area contributed by atoms with Crippen LogP contribution in [0.25, 0.3) is 0 Å². The van der Waals surface area contributed by atoms with Crippen molar-refractivity contribution < 1.29 is 14.3 Å². The van der Waals surface area contributed by atoms with Crippen LogP contribution in [0.2, 0.25) is 0 Å². The predicted molar refractivity (Wildman–Crippen MR) is 109 cm³/mol. The van der Waals surface area contributed by atoms with Crippen LogP contribution in [0.3, 0.4) is 0 Å². The number of nitrogens with zero attached hydrogens (tertiary/aromatic N) is 1. The zero-order valence-electron chi connectivity index (χ0n) is 16.2. The number of hydrogen-bond donors (Lipinski definition) is 2. The number of benzene rings is 2. The Hall–Kier alpha value is -3.02. The zero-order valence-corrected chi connectivity index (χ0v) is 16.2. The highest BCUT2D eigenvalue weighted by molar-refractivity contribution is 5.94. The van der Waals surface area contributed by atoms with E-state index in [9.17, 15) is 9.59 Å². The summed E-state index contributed by atoms with van der Waals surface area (Å²) in [6.07, 6.45) is 1.51. The van der Waals surface area contributed by atoms with Gasteiger partial charge in [-0.05, 0) is 49.6 Å². The minimum atomic E-state index is -0.0827. The van der Waals surface area contributed by atoms with Gasteiger partial charge in [-0.15, -0.1) is 0 Å². The standard InChI is InChI=1S/C22H27N3O3/c1-17-6-5-9-20(16-17)28-15-12-23-22(27)25-13-10-19(11-14-25)24-21(26)18-7-3-2-4-8-18/h2-9,16,19H,10-15H2,1H3,(H,23,27)(H,24,26). The third-order valence-corrected chi connectivity index (χ3v) is 4.79. The molecule has 1 aliphatic heterocycles. The monoisotopic (exact) mass is 381 g/mol. The van der Waals surface area contributed by atoms with Gasteiger partial charge in [-0.3, -0.25) is 4.79 Å². The van der Waals surface area contributed by atoms with Gasteiger partial charge in [0.2, 0.25) is 0 Å². The molecule has 1 aliphatic rings. The van der Waals surface area contributed by atoms with Crippen LogP contribution in [-0.2, 0) is 0 Å². The topological polar surface area (TPSA) is 70.7 Å². The number of hydrogen-bond acceptors (Lipinski definition) is 3. The zero-order chi connectivity index (χ0) is 19.8. The number of likely N-dealkylation sites (tertiary alicyclic amines) is 1. The summed E-state index contributed by atoms with van der Waals surface area (Å²) in [6, 6.07) is 17.1. The largest absolute Gasteiger partial charge is 0.492 e. The third kappa shape index (κ3) is 5.74. The van der Waals surface area contributed by atoms with Crippen LogP contribution in [0.5, 0.6) is 5.75 Å². The predicted octanol–water partition coefficient (Wildman–Crippen LogP) is 2.98. The van der Waals surface area contributed by atoms with Crippen molar-refractivity contribution in [1.82, 2.24) is 15.5 Å². The fourth-order valence-electron chi connectivity index (χ4n) is 3.23. The van der Waals surface area contributed by atoms with Crippen LogP contribution in [0.4, 0.5) is 4.79 Å². The van der Waals surface area contributed by atoms with E-state index in [-0.39, 0.29) is 18.0 Å². The fourth-order valence-corrected chi connectivity index (χ4v) is 3.23. The van der Waals surface area contributed by atoms with E-state index in [0.29, 0.717) is 31.8 Å². The van der Waals surface area contributed by atoms with E-state index in [4.69, 9.17) is 4.74 Å². The summed E-state index contributed by atoms with van der Waals surface area (Å²) in [5, 5.41) is 5.95.